The van der Waals surface area contributed by atoms with Crippen LogP contribution in [0.3, 0.4) is 0 Å². The monoisotopic (exact) mass is 294 g/mol. The number of alkyl halides is 3. The molecule has 1 aromatic rings. The summed E-state index contributed by atoms with van der Waals surface area (Å²) in [5.74, 6) is -1.58. The number of rotatable bonds is 5. The summed E-state index contributed by atoms with van der Waals surface area (Å²) in [7, 11) is 0. The zero-order valence-electron chi connectivity index (χ0n) is 10.6. The van der Waals surface area contributed by atoms with E-state index in [1.165, 1.54) is 11.0 Å². The van der Waals surface area contributed by atoms with E-state index in [-0.39, 0.29) is 18.2 Å². The zero-order valence-corrected chi connectivity index (χ0v) is 10.6. The van der Waals surface area contributed by atoms with Crippen LogP contribution in [0.5, 0.6) is 0 Å². The molecule has 20 heavy (non-hydrogen) atoms. The van der Waals surface area contributed by atoms with Gasteiger partial charge in [0.2, 0.25) is 0 Å². The first-order valence-electron chi connectivity index (χ1n) is 6.27. The number of benzene rings is 1. The van der Waals surface area contributed by atoms with E-state index in [9.17, 15) is 22.0 Å². The summed E-state index contributed by atoms with van der Waals surface area (Å²) < 4.78 is 63.8. The average molecular weight is 294 g/mol. The molecule has 0 heterocycles. The van der Waals surface area contributed by atoms with Gasteiger partial charge in [-0.3, -0.25) is 4.90 Å². The second-order valence-electron chi connectivity index (χ2n) is 5.05. The lowest BCUT2D eigenvalue weighted by molar-refractivity contribution is -0.147. The van der Waals surface area contributed by atoms with Crippen molar-refractivity contribution in [3.05, 3.63) is 35.4 Å². The van der Waals surface area contributed by atoms with Crippen LogP contribution in [0.1, 0.15) is 24.4 Å². The van der Waals surface area contributed by atoms with Gasteiger partial charge in [0.1, 0.15) is 11.6 Å². The van der Waals surface area contributed by atoms with Gasteiger partial charge in [-0.1, -0.05) is 6.07 Å². The smallest absolute Gasteiger partial charge is 0.323 e. The molecule has 0 saturated heterocycles. The molecule has 0 amide bonds. The maximum atomic E-state index is 13.5. The van der Waals surface area contributed by atoms with Crippen LogP contribution in [0.25, 0.3) is 0 Å². The molecule has 0 aliphatic heterocycles. The Morgan fingerprint density at radius 1 is 1.25 bits per heavy atom. The van der Waals surface area contributed by atoms with Gasteiger partial charge in [0.05, 0.1) is 6.54 Å². The van der Waals surface area contributed by atoms with Gasteiger partial charge < -0.3 is 5.73 Å². The summed E-state index contributed by atoms with van der Waals surface area (Å²) >= 11 is 0. The summed E-state index contributed by atoms with van der Waals surface area (Å²) in [6.07, 6.45) is -2.94. The molecule has 2 N–H and O–H groups in total. The lowest BCUT2D eigenvalue weighted by atomic mass is 10.1. The molecule has 2 nitrogen and oxygen atoms in total. The minimum absolute atomic E-state index is 0.0271. The largest absolute Gasteiger partial charge is 0.401 e. The molecule has 1 fully saturated rings. The molecule has 1 unspecified atom stereocenters. The topological polar surface area (TPSA) is 29.3 Å². The van der Waals surface area contributed by atoms with Crippen molar-refractivity contribution in [2.75, 3.05) is 13.1 Å². The Hall–Kier alpha value is -1.21. The van der Waals surface area contributed by atoms with E-state index in [1.54, 1.807) is 0 Å². The molecule has 1 aromatic carbocycles. The van der Waals surface area contributed by atoms with Gasteiger partial charge in [-0.2, -0.15) is 13.2 Å². The SMILES string of the molecule is NC(CN(CC(F)(F)F)C1CC1)c1ccc(F)cc1F. The van der Waals surface area contributed by atoms with Crippen molar-refractivity contribution in [1.29, 1.82) is 0 Å². The first-order valence-corrected chi connectivity index (χ1v) is 6.27. The molecule has 1 saturated carbocycles. The first-order chi connectivity index (χ1) is 9.26. The summed E-state index contributed by atoms with van der Waals surface area (Å²) in [5.41, 5.74) is 5.79. The van der Waals surface area contributed by atoms with Gasteiger partial charge in [0.25, 0.3) is 0 Å². The van der Waals surface area contributed by atoms with Crippen molar-refractivity contribution in [3.63, 3.8) is 0 Å². The lowest BCUT2D eigenvalue weighted by Gasteiger charge is -2.26. The first kappa shape index (κ1) is 15.2. The second kappa shape index (κ2) is 5.65. The highest BCUT2D eigenvalue weighted by Gasteiger charge is 2.38. The Balaban J connectivity index is 2.06. The Kier molecular flexibility index (Phi) is 4.29. The van der Waals surface area contributed by atoms with Gasteiger partial charge in [-0.15, -0.1) is 0 Å². The summed E-state index contributed by atoms with van der Waals surface area (Å²) in [6, 6.07) is 1.84. The van der Waals surface area contributed by atoms with E-state index < -0.39 is 30.4 Å². The van der Waals surface area contributed by atoms with Gasteiger partial charge in [-0.25, -0.2) is 8.78 Å². The molecular formula is C13H15F5N2. The molecule has 0 bridgehead atoms. The highest BCUT2D eigenvalue weighted by molar-refractivity contribution is 5.22. The van der Waals surface area contributed by atoms with E-state index in [0.29, 0.717) is 18.9 Å². The van der Waals surface area contributed by atoms with Crippen molar-refractivity contribution < 1.29 is 22.0 Å². The summed E-state index contributed by atoms with van der Waals surface area (Å²) in [5, 5.41) is 0. The van der Waals surface area contributed by atoms with Crippen LogP contribution in [-0.2, 0) is 0 Å². The number of nitrogens with two attached hydrogens (primary N) is 1. The Labute approximate surface area is 113 Å². The molecule has 7 heteroatoms. The van der Waals surface area contributed by atoms with Crippen LogP contribution in [0.2, 0.25) is 0 Å². The van der Waals surface area contributed by atoms with Crippen molar-refractivity contribution in [2.45, 2.75) is 31.1 Å². The van der Waals surface area contributed by atoms with Gasteiger partial charge in [-0.05, 0) is 18.9 Å². The van der Waals surface area contributed by atoms with Crippen LogP contribution in [-0.4, -0.2) is 30.2 Å². The van der Waals surface area contributed by atoms with Crippen LogP contribution in [0, 0.1) is 11.6 Å². The van der Waals surface area contributed by atoms with Crippen LogP contribution in [0.4, 0.5) is 22.0 Å². The predicted octanol–water partition coefficient (Wildman–Crippen LogP) is 2.99. The van der Waals surface area contributed by atoms with Crippen molar-refractivity contribution in [1.82, 2.24) is 4.90 Å². The summed E-state index contributed by atoms with van der Waals surface area (Å²) in [4.78, 5) is 1.22. The lowest BCUT2D eigenvalue weighted by Crippen LogP contribution is -2.40. The van der Waals surface area contributed by atoms with Crippen LogP contribution in [0.15, 0.2) is 18.2 Å². The van der Waals surface area contributed by atoms with Crippen LogP contribution >= 0.6 is 0 Å². The fraction of sp³-hybridized carbons (Fsp3) is 0.538. The molecule has 0 aromatic heterocycles. The average Bonchev–Trinajstić information content (AvgIpc) is 3.09. The van der Waals surface area contributed by atoms with E-state index >= 15 is 0 Å². The Bertz CT molecular complexity index is 470. The van der Waals surface area contributed by atoms with Crippen molar-refractivity contribution >= 4 is 0 Å². The second-order valence-corrected chi connectivity index (χ2v) is 5.05. The molecular weight excluding hydrogens is 279 g/mol. The van der Waals surface area contributed by atoms with E-state index in [4.69, 9.17) is 5.73 Å². The quantitative estimate of drug-likeness (QED) is 0.846. The van der Waals surface area contributed by atoms with Crippen molar-refractivity contribution in [2.24, 2.45) is 5.73 Å². The minimum atomic E-state index is -4.32. The fourth-order valence-electron chi connectivity index (χ4n) is 2.17. The molecule has 1 aliphatic carbocycles. The number of hydrogen-bond acceptors (Lipinski definition) is 2. The highest BCUT2D eigenvalue weighted by atomic mass is 19.4. The highest BCUT2D eigenvalue weighted by Crippen LogP contribution is 2.31. The summed E-state index contributed by atoms with van der Waals surface area (Å²) in [6.45, 7) is -1.17. The van der Waals surface area contributed by atoms with Gasteiger partial charge >= 0.3 is 6.18 Å². The van der Waals surface area contributed by atoms with E-state index in [2.05, 4.69) is 0 Å². The maximum Gasteiger partial charge on any atom is 0.401 e. The van der Waals surface area contributed by atoms with Gasteiger partial charge in [0, 0.05) is 30.3 Å². The zero-order chi connectivity index (χ0) is 14.9. The normalized spacial score (nSPS) is 17.6. The van der Waals surface area contributed by atoms with E-state index in [0.717, 1.165) is 6.07 Å². The molecule has 0 spiro atoms. The minimum Gasteiger partial charge on any atom is -0.323 e. The third kappa shape index (κ3) is 4.14. The molecule has 1 aliphatic rings. The molecule has 112 valence electrons. The molecule has 0 radical (unpaired) electrons. The van der Waals surface area contributed by atoms with Crippen LogP contribution < -0.4 is 5.73 Å². The molecule has 1 atom stereocenters. The third-order valence-electron chi connectivity index (χ3n) is 3.24. The fourth-order valence-corrected chi connectivity index (χ4v) is 2.17. The molecule has 2 rings (SSSR count). The number of halogens is 5. The predicted molar refractivity (Wildman–Crippen MR) is 63.9 cm³/mol. The Morgan fingerprint density at radius 2 is 1.90 bits per heavy atom. The number of hydrogen-bond donors (Lipinski definition) is 1. The third-order valence-corrected chi connectivity index (χ3v) is 3.24. The van der Waals surface area contributed by atoms with Crippen molar-refractivity contribution in [3.8, 4) is 0 Å². The van der Waals surface area contributed by atoms with Gasteiger partial charge in [0.15, 0.2) is 0 Å². The number of nitrogens with zero attached hydrogens (tertiary/aromatic N) is 1. The standard InChI is InChI=1S/C13H15F5N2/c14-8-1-4-10(11(15)5-8)12(19)6-20(9-2-3-9)7-13(16,17)18/h1,4-5,9,12H,2-3,6-7,19H2. The van der Waals surface area contributed by atoms with E-state index in [1.807, 2.05) is 0 Å². The maximum absolute atomic E-state index is 13.5. The Morgan fingerprint density at radius 3 is 2.40 bits per heavy atom.